The van der Waals surface area contributed by atoms with E-state index in [2.05, 4.69) is 17.4 Å². The van der Waals surface area contributed by atoms with Gasteiger partial charge in [0, 0.05) is 24.3 Å². The minimum Gasteiger partial charge on any atom is -0.481 e. The van der Waals surface area contributed by atoms with E-state index < -0.39 is 6.10 Å². The van der Waals surface area contributed by atoms with Gasteiger partial charge in [-0.05, 0) is 49.1 Å². The summed E-state index contributed by atoms with van der Waals surface area (Å²) in [5.74, 6) is 0.405. The summed E-state index contributed by atoms with van der Waals surface area (Å²) >= 11 is 0. The highest BCUT2D eigenvalue weighted by Crippen LogP contribution is 2.30. The fourth-order valence-corrected chi connectivity index (χ4v) is 4.26. The summed E-state index contributed by atoms with van der Waals surface area (Å²) in [5, 5.41) is 3.06. The molecule has 0 spiro atoms. The molecule has 2 unspecified atom stereocenters. The third kappa shape index (κ3) is 5.43. The molecule has 0 fully saturated rings. The molecule has 170 valence electrons. The molecule has 1 aliphatic heterocycles. The van der Waals surface area contributed by atoms with Gasteiger partial charge in [-0.1, -0.05) is 67.6 Å². The molecule has 0 aliphatic carbocycles. The van der Waals surface area contributed by atoms with E-state index in [1.54, 1.807) is 6.92 Å². The zero-order valence-corrected chi connectivity index (χ0v) is 19.2. The average molecular weight is 443 g/mol. The lowest BCUT2D eigenvalue weighted by molar-refractivity contribution is -0.137. The van der Waals surface area contributed by atoms with Crippen LogP contribution in [0.25, 0.3) is 0 Å². The third-order valence-corrected chi connectivity index (χ3v) is 6.09. The molecule has 2 atom stereocenters. The van der Waals surface area contributed by atoms with Gasteiger partial charge >= 0.3 is 0 Å². The van der Waals surface area contributed by atoms with Crippen LogP contribution in [0.3, 0.4) is 0 Å². The van der Waals surface area contributed by atoms with Crippen molar-refractivity contribution in [3.05, 3.63) is 95.6 Å². The monoisotopic (exact) mass is 442 g/mol. The molecule has 2 amide bonds. The number of anilines is 1. The van der Waals surface area contributed by atoms with E-state index in [1.807, 2.05) is 78.6 Å². The van der Waals surface area contributed by atoms with Gasteiger partial charge in [-0.2, -0.15) is 0 Å². The smallest absolute Gasteiger partial charge is 0.263 e. The van der Waals surface area contributed by atoms with Gasteiger partial charge in [-0.25, -0.2) is 0 Å². The van der Waals surface area contributed by atoms with Crippen molar-refractivity contribution in [3.8, 4) is 5.75 Å². The quantitative estimate of drug-likeness (QED) is 0.549. The summed E-state index contributed by atoms with van der Waals surface area (Å²) in [6, 6.07) is 25.6. The summed E-state index contributed by atoms with van der Waals surface area (Å²) in [6.07, 6.45) is 0.939. The first-order valence-electron chi connectivity index (χ1n) is 11.5. The van der Waals surface area contributed by atoms with Crippen LogP contribution in [0.2, 0.25) is 0 Å². The number of nitrogens with zero attached hydrogens (tertiary/aromatic N) is 1. The van der Waals surface area contributed by atoms with E-state index in [4.69, 9.17) is 4.74 Å². The molecule has 3 aromatic rings. The summed E-state index contributed by atoms with van der Waals surface area (Å²) in [6.45, 7) is 4.86. The Labute approximate surface area is 195 Å². The summed E-state index contributed by atoms with van der Waals surface area (Å²) in [5.41, 5.74) is 3.80. The number of fused-ring (bicyclic) bond motifs is 1. The fraction of sp³-hybridized carbons (Fsp3) is 0.286. The molecule has 33 heavy (non-hydrogen) atoms. The Morgan fingerprint density at radius 3 is 2.45 bits per heavy atom. The van der Waals surface area contributed by atoms with Gasteiger partial charge in [0.2, 0.25) is 5.91 Å². The van der Waals surface area contributed by atoms with E-state index in [0.717, 1.165) is 17.5 Å². The number of nitrogens with one attached hydrogen (secondary N) is 1. The van der Waals surface area contributed by atoms with Crippen molar-refractivity contribution in [1.29, 1.82) is 0 Å². The van der Waals surface area contributed by atoms with Crippen LogP contribution in [0.1, 0.15) is 42.9 Å². The highest BCUT2D eigenvalue weighted by atomic mass is 16.5. The number of carbonyl (C=O) groups excluding carboxylic acids is 2. The Morgan fingerprint density at radius 2 is 1.76 bits per heavy atom. The molecule has 0 radical (unpaired) electrons. The maximum atomic E-state index is 13.0. The first-order chi connectivity index (χ1) is 16.0. The SMILES string of the molecule is CCC(C(=O)Nc1ccc2c(c1)CN(CCc1ccccc1)C(=O)C(C)O2)c1ccccc1. The first kappa shape index (κ1) is 22.6. The van der Waals surface area contributed by atoms with Gasteiger partial charge in [0.1, 0.15) is 5.75 Å². The molecule has 3 aromatic carbocycles. The number of hydrogen-bond acceptors (Lipinski definition) is 3. The van der Waals surface area contributed by atoms with E-state index in [1.165, 1.54) is 5.56 Å². The number of ether oxygens (including phenoxy) is 1. The molecule has 4 rings (SSSR count). The summed E-state index contributed by atoms with van der Waals surface area (Å²) in [7, 11) is 0. The summed E-state index contributed by atoms with van der Waals surface area (Å²) in [4.78, 5) is 27.8. The number of hydrogen-bond donors (Lipinski definition) is 1. The van der Waals surface area contributed by atoms with Gasteiger partial charge in [-0.3, -0.25) is 9.59 Å². The van der Waals surface area contributed by atoms with Crippen molar-refractivity contribution in [1.82, 2.24) is 4.90 Å². The number of rotatable bonds is 7. The Kier molecular flexibility index (Phi) is 7.08. The van der Waals surface area contributed by atoms with Gasteiger partial charge in [0.25, 0.3) is 5.91 Å². The zero-order chi connectivity index (χ0) is 23.2. The predicted molar refractivity (Wildman–Crippen MR) is 130 cm³/mol. The molecule has 5 heteroatoms. The van der Waals surface area contributed by atoms with Crippen LogP contribution < -0.4 is 10.1 Å². The van der Waals surface area contributed by atoms with Crippen LogP contribution in [0.4, 0.5) is 5.69 Å². The molecule has 1 aliphatic rings. The highest BCUT2D eigenvalue weighted by molar-refractivity contribution is 5.96. The van der Waals surface area contributed by atoms with Crippen LogP contribution in [-0.2, 0) is 22.6 Å². The standard InChI is InChI=1S/C28H30N2O3/c1-3-25(22-12-8-5-9-13-22)27(31)29-24-14-15-26-23(18-24)19-30(28(32)20(2)33-26)17-16-21-10-6-4-7-11-21/h4-15,18,20,25H,3,16-17,19H2,1-2H3,(H,29,31). The van der Waals surface area contributed by atoms with E-state index in [-0.39, 0.29) is 17.7 Å². The van der Waals surface area contributed by atoms with Crippen LogP contribution in [0.5, 0.6) is 5.75 Å². The van der Waals surface area contributed by atoms with Crippen LogP contribution in [-0.4, -0.2) is 29.4 Å². The van der Waals surface area contributed by atoms with Gasteiger partial charge in [0.05, 0.1) is 5.92 Å². The van der Waals surface area contributed by atoms with Gasteiger partial charge in [0.15, 0.2) is 6.10 Å². The fourth-order valence-electron chi connectivity index (χ4n) is 4.26. The number of carbonyl (C=O) groups is 2. The maximum absolute atomic E-state index is 13.0. The summed E-state index contributed by atoms with van der Waals surface area (Å²) < 4.78 is 5.95. The van der Waals surface area contributed by atoms with E-state index in [9.17, 15) is 9.59 Å². The second kappa shape index (κ2) is 10.3. The maximum Gasteiger partial charge on any atom is 0.263 e. The predicted octanol–water partition coefficient (Wildman–Crippen LogP) is 5.17. The van der Waals surface area contributed by atoms with Gasteiger partial charge < -0.3 is 15.0 Å². The van der Waals surface area contributed by atoms with E-state index in [0.29, 0.717) is 30.9 Å². The minimum atomic E-state index is -0.551. The van der Waals surface area contributed by atoms with Crippen LogP contribution >= 0.6 is 0 Å². The largest absolute Gasteiger partial charge is 0.481 e. The highest BCUT2D eigenvalue weighted by Gasteiger charge is 2.28. The van der Waals surface area contributed by atoms with Crippen molar-refractivity contribution in [2.45, 2.75) is 45.3 Å². The lowest BCUT2D eigenvalue weighted by atomic mass is 9.95. The first-order valence-corrected chi connectivity index (χ1v) is 11.5. The second-order valence-electron chi connectivity index (χ2n) is 8.44. The van der Waals surface area contributed by atoms with E-state index >= 15 is 0 Å². The number of amides is 2. The van der Waals surface area contributed by atoms with Gasteiger partial charge in [-0.15, -0.1) is 0 Å². The molecule has 5 nitrogen and oxygen atoms in total. The second-order valence-corrected chi connectivity index (χ2v) is 8.44. The molecule has 0 bridgehead atoms. The molecule has 0 aromatic heterocycles. The average Bonchev–Trinajstić information content (AvgIpc) is 2.95. The molecule has 0 saturated carbocycles. The molecule has 1 heterocycles. The van der Waals surface area contributed by atoms with Crippen molar-refractivity contribution >= 4 is 17.5 Å². The molecular weight excluding hydrogens is 412 g/mol. The molecule has 1 N–H and O–H groups in total. The van der Waals surface area contributed by atoms with Crippen molar-refractivity contribution < 1.29 is 14.3 Å². The zero-order valence-electron chi connectivity index (χ0n) is 19.2. The van der Waals surface area contributed by atoms with Crippen molar-refractivity contribution in [3.63, 3.8) is 0 Å². The normalized spacial score (nSPS) is 16.4. The third-order valence-electron chi connectivity index (χ3n) is 6.09. The molecule has 0 saturated heterocycles. The Hall–Kier alpha value is -3.60. The Bertz CT molecular complexity index is 1100. The molecular formula is C28H30N2O3. The lowest BCUT2D eigenvalue weighted by Gasteiger charge is -2.22. The Morgan fingerprint density at radius 1 is 1.06 bits per heavy atom. The Balaban J connectivity index is 1.50. The minimum absolute atomic E-state index is 0.0251. The van der Waals surface area contributed by atoms with Crippen molar-refractivity contribution in [2.75, 3.05) is 11.9 Å². The van der Waals surface area contributed by atoms with Crippen LogP contribution in [0.15, 0.2) is 78.9 Å². The topological polar surface area (TPSA) is 58.6 Å². The lowest BCUT2D eigenvalue weighted by Crippen LogP contribution is -2.39. The van der Waals surface area contributed by atoms with Crippen molar-refractivity contribution in [2.24, 2.45) is 0 Å². The number of benzene rings is 3. The van der Waals surface area contributed by atoms with Crippen LogP contribution in [0, 0.1) is 0 Å².